The summed E-state index contributed by atoms with van der Waals surface area (Å²) >= 11 is 0. The molecule has 1 aliphatic heterocycles. The second kappa shape index (κ2) is 11.8. The van der Waals surface area contributed by atoms with Gasteiger partial charge in [0.1, 0.15) is 0 Å². The van der Waals surface area contributed by atoms with Crippen LogP contribution in [0, 0.1) is 0 Å². The Labute approximate surface area is 189 Å². The van der Waals surface area contributed by atoms with Crippen LogP contribution in [0.4, 0.5) is 5.69 Å². The number of guanidine groups is 1. The zero-order valence-electron chi connectivity index (χ0n) is 16.7. The number of rotatable bonds is 7. The minimum atomic E-state index is 0. The topological polar surface area (TPSA) is 77.0 Å². The van der Waals surface area contributed by atoms with Gasteiger partial charge in [-0.15, -0.1) is 24.0 Å². The summed E-state index contributed by atoms with van der Waals surface area (Å²) in [5.74, 6) is 0.901. The fourth-order valence-corrected chi connectivity index (χ4v) is 3.35. The van der Waals surface area contributed by atoms with Crippen LogP contribution in [0.15, 0.2) is 59.6 Å². The Hall–Kier alpha value is -2.13. The molecule has 0 radical (unpaired) electrons. The monoisotopic (exact) mass is 508 g/mol. The van der Waals surface area contributed by atoms with Crippen molar-refractivity contribution in [3.63, 3.8) is 0 Å². The van der Waals surface area contributed by atoms with E-state index in [1.165, 1.54) is 0 Å². The Morgan fingerprint density at radius 1 is 1.14 bits per heavy atom. The molecule has 1 heterocycles. The van der Waals surface area contributed by atoms with Crippen LogP contribution in [0.25, 0.3) is 0 Å². The second-order valence-electron chi connectivity index (χ2n) is 6.91. The number of aliphatic imine (C=N–C) groups is 1. The SMILES string of the molecule is CN=C(NCc1ccc(N2CCCC2=O)cc1)NCC(CO)c1ccccc1.I. The maximum atomic E-state index is 11.8. The molecule has 29 heavy (non-hydrogen) atoms. The Morgan fingerprint density at radius 2 is 1.86 bits per heavy atom. The molecule has 0 bridgehead atoms. The summed E-state index contributed by atoms with van der Waals surface area (Å²) in [4.78, 5) is 17.9. The normalized spacial score (nSPS) is 15.0. The Kier molecular flexibility index (Phi) is 9.40. The lowest BCUT2D eigenvalue weighted by Crippen LogP contribution is -2.39. The molecule has 3 N–H and O–H groups in total. The predicted octanol–water partition coefficient (Wildman–Crippen LogP) is 2.87. The average molecular weight is 508 g/mol. The van der Waals surface area contributed by atoms with Gasteiger partial charge in [0.05, 0.1) is 6.61 Å². The van der Waals surface area contributed by atoms with E-state index < -0.39 is 0 Å². The number of nitrogens with zero attached hydrogens (tertiary/aromatic N) is 2. The number of benzene rings is 2. The third-order valence-electron chi connectivity index (χ3n) is 5.01. The highest BCUT2D eigenvalue weighted by molar-refractivity contribution is 14.0. The predicted molar refractivity (Wildman–Crippen MR) is 128 cm³/mol. The first-order chi connectivity index (χ1) is 13.7. The average Bonchev–Trinajstić information content (AvgIpc) is 3.17. The van der Waals surface area contributed by atoms with Crippen LogP contribution in [0.3, 0.4) is 0 Å². The van der Waals surface area contributed by atoms with Crippen molar-refractivity contribution in [2.75, 3.05) is 31.6 Å². The van der Waals surface area contributed by atoms with Crippen LogP contribution < -0.4 is 15.5 Å². The number of aliphatic hydroxyl groups excluding tert-OH is 1. The van der Waals surface area contributed by atoms with Gasteiger partial charge in [0.15, 0.2) is 5.96 Å². The zero-order valence-corrected chi connectivity index (χ0v) is 19.0. The van der Waals surface area contributed by atoms with Crippen molar-refractivity contribution in [3.05, 3.63) is 65.7 Å². The Morgan fingerprint density at radius 3 is 2.45 bits per heavy atom. The summed E-state index contributed by atoms with van der Waals surface area (Å²) in [5, 5.41) is 16.2. The van der Waals surface area contributed by atoms with Crippen molar-refractivity contribution in [2.45, 2.75) is 25.3 Å². The smallest absolute Gasteiger partial charge is 0.227 e. The van der Waals surface area contributed by atoms with Crippen molar-refractivity contribution in [2.24, 2.45) is 4.99 Å². The Balaban J connectivity index is 0.00000300. The first-order valence-corrected chi connectivity index (χ1v) is 9.71. The molecule has 0 saturated carbocycles. The number of hydrogen-bond donors (Lipinski definition) is 3. The molecule has 1 aliphatic rings. The fraction of sp³-hybridized carbons (Fsp3) is 0.364. The number of aliphatic hydroxyl groups is 1. The highest BCUT2D eigenvalue weighted by atomic mass is 127. The van der Waals surface area contributed by atoms with Gasteiger partial charge < -0.3 is 20.6 Å². The molecular weight excluding hydrogens is 479 g/mol. The maximum Gasteiger partial charge on any atom is 0.227 e. The summed E-state index contributed by atoms with van der Waals surface area (Å²) < 4.78 is 0. The van der Waals surface area contributed by atoms with Gasteiger partial charge in [0.2, 0.25) is 5.91 Å². The lowest BCUT2D eigenvalue weighted by Gasteiger charge is -2.18. The van der Waals surface area contributed by atoms with Crippen LogP contribution in [-0.2, 0) is 11.3 Å². The molecule has 1 unspecified atom stereocenters. The zero-order chi connectivity index (χ0) is 19.8. The maximum absolute atomic E-state index is 11.8. The van der Waals surface area contributed by atoms with E-state index in [0.717, 1.165) is 29.8 Å². The highest BCUT2D eigenvalue weighted by Gasteiger charge is 2.21. The number of carbonyl (C=O) groups excluding carboxylic acids is 1. The summed E-state index contributed by atoms with van der Waals surface area (Å²) in [6.45, 7) is 2.10. The largest absolute Gasteiger partial charge is 0.396 e. The third kappa shape index (κ3) is 6.43. The minimum absolute atomic E-state index is 0. The molecule has 1 saturated heterocycles. The van der Waals surface area contributed by atoms with E-state index >= 15 is 0 Å². The van der Waals surface area contributed by atoms with E-state index in [1.54, 1.807) is 7.05 Å². The van der Waals surface area contributed by atoms with E-state index in [-0.39, 0.29) is 42.4 Å². The Bertz CT molecular complexity index is 796. The number of carbonyl (C=O) groups is 1. The summed E-state index contributed by atoms with van der Waals surface area (Å²) in [6.07, 6.45) is 1.57. The van der Waals surface area contributed by atoms with Crippen molar-refractivity contribution in [1.29, 1.82) is 0 Å². The molecule has 156 valence electrons. The minimum Gasteiger partial charge on any atom is -0.396 e. The molecule has 7 heteroatoms. The molecule has 2 aromatic rings. The summed E-state index contributed by atoms with van der Waals surface area (Å²) in [7, 11) is 1.73. The lowest BCUT2D eigenvalue weighted by atomic mass is 10.0. The van der Waals surface area contributed by atoms with E-state index in [9.17, 15) is 9.90 Å². The number of hydrogen-bond acceptors (Lipinski definition) is 3. The van der Waals surface area contributed by atoms with Crippen LogP contribution in [0.5, 0.6) is 0 Å². The third-order valence-corrected chi connectivity index (χ3v) is 5.01. The number of nitrogens with one attached hydrogen (secondary N) is 2. The molecule has 1 atom stereocenters. The van der Waals surface area contributed by atoms with Crippen molar-refractivity contribution in [1.82, 2.24) is 10.6 Å². The standard InChI is InChI=1S/C22H28N4O2.HI/c1-23-22(25-15-19(16-27)18-6-3-2-4-7-18)24-14-17-9-11-20(12-10-17)26-13-5-8-21(26)28;/h2-4,6-7,9-12,19,27H,5,8,13-16H2,1H3,(H2,23,24,25);1H. The van der Waals surface area contributed by atoms with Gasteiger partial charge in [-0.1, -0.05) is 42.5 Å². The molecule has 0 aromatic heterocycles. The van der Waals surface area contributed by atoms with Crippen molar-refractivity contribution in [3.8, 4) is 0 Å². The molecule has 3 rings (SSSR count). The van der Waals surface area contributed by atoms with E-state index in [1.807, 2.05) is 59.5 Å². The van der Waals surface area contributed by atoms with Crippen LogP contribution in [-0.4, -0.2) is 43.7 Å². The van der Waals surface area contributed by atoms with Crippen LogP contribution in [0.2, 0.25) is 0 Å². The second-order valence-corrected chi connectivity index (χ2v) is 6.91. The van der Waals surface area contributed by atoms with Gasteiger partial charge in [0.25, 0.3) is 0 Å². The van der Waals surface area contributed by atoms with E-state index in [2.05, 4.69) is 15.6 Å². The molecule has 0 aliphatic carbocycles. The van der Waals surface area contributed by atoms with Gasteiger partial charge in [-0.25, -0.2) is 0 Å². The molecule has 1 fully saturated rings. The van der Waals surface area contributed by atoms with E-state index in [0.29, 0.717) is 25.5 Å². The van der Waals surface area contributed by atoms with Gasteiger partial charge in [-0.05, 0) is 29.7 Å². The van der Waals surface area contributed by atoms with Crippen molar-refractivity contribution >= 4 is 41.5 Å². The summed E-state index contributed by atoms with van der Waals surface area (Å²) in [6, 6.07) is 18.0. The van der Waals surface area contributed by atoms with Gasteiger partial charge in [-0.3, -0.25) is 9.79 Å². The first-order valence-electron chi connectivity index (χ1n) is 9.71. The molecular formula is C22H29IN4O2. The van der Waals surface area contributed by atoms with Gasteiger partial charge in [-0.2, -0.15) is 0 Å². The lowest BCUT2D eigenvalue weighted by molar-refractivity contribution is -0.117. The molecule has 1 amide bonds. The first kappa shape index (κ1) is 23.2. The van der Waals surface area contributed by atoms with Gasteiger partial charge >= 0.3 is 0 Å². The van der Waals surface area contributed by atoms with Gasteiger partial charge in [0, 0.05) is 44.7 Å². The van der Waals surface area contributed by atoms with Crippen molar-refractivity contribution < 1.29 is 9.90 Å². The molecule has 2 aromatic carbocycles. The van der Waals surface area contributed by atoms with E-state index in [4.69, 9.17) is 0 Å². The fourth-order valence-electron chi connectivity index (χ4n) is 3.35. The highest BCUT2D eigenvalue weighted by Crippen LogP contribution is 2.21. The number of amides is 1. The summed E-state index contributed by atoms with van der Waals surface area (Å²) in [5.41, 5.74) is 3.17. The number of halogens is 1. The van der Waals surface area contributed by atoms with Crippen LogP contribution >= 0.6 is 24.0 Å². The number of anilines is 1. The van der Waals surface area contributed by atoms with Crippen LogP contribution in [0.1, 0.15) is 29.9 Å². The molecule has 6 nitrogen and oxygen atoms in total. The molecule has 0 spiro atoms. The quantitative estimate of drug-likeness (QED) is 0.306.